The van der Waals surface area contributed by atoms with Gasteiger partial charge in [0.2, 0.25) is 0 Å². The summed E-state index contributed by atoms with van der Waals surface area (Å²) >= 11 is 0. The first-order valence-electron chi connectivity index (χ1n) is 7.99. The second-order valence-corrected chi connectivity index (χ2v) is 5.80. The molecule has 0 aliphatic carbocycles. The van der Waals surface area contributed by atoms with Gasteiger partial charge < -0.3 is 24.1 Å². The van der Waals surface area contributed by atoms with Gasteiger partial charge in [-0.1, -0.05) is 44.2 Å². The Morgan fingerprint density at radius 1 is 1.09 bits per heavy atom. The summed E-state index contributed by atoms with van der Waals surface area (Å²) in [4.78, 5) is 0. The lowest BCUT2D eigenvalue weighted by atomic mass is 10.1. The summed E-state index contributed by atoms with van der Waals surface area (Å²) in [6, 6.07) is 9.93. The Morgan fingerprint density at radius 2 is 1.77 bits per heavy atom. The fourth-order valence-electron chi connectivity index (χ4n) is 3.10. The lowest BCUT2D eigenvalue weighted by Gasteiger charge is -2.28. The van der Waals surface area contributed by atoms with Gasteiger partial charge in [-0.3, -0.25) is 0 Å². The number of rotatable bonds is 6. The molecular weight excluding hydrogens is 284 g/mol. The first kappa shape index (κ1) is 15.9. The van der Waals surface area contributed by atoms with Crippen LogP contribution in [0.1, 0.15) is 32.3 Å². The molecule has 2 fully saturated rings. The van der Waals surface area contributed by atoms with Crippen molar-refractivity contribution < 1.29 is 24.1 Å². The molecule has 122 valence electrons. The molecule has 0 spiro atoms. The third-order valence-electron chi connectivity index (χ3n) is 4.48. The SMILES string of the molecule is CCC1(CC)O[C@@H]2[C@@H](OCc3ccccc3)O[C@H](CO)[C@@H]2O1. The quantitative estimate of drug-likeness (QED) is 0.873. The molecule has 0 bridgehead atoms. The first-order chi connectivity index (χ1) is 10.7. The normalized spacial score (nSPS) is 33.0. The minimum Gasteiger partial charge on any atom is -0.394 e. The lowest BCUT2D eigenvalue weighted by Crippen LogP contribution is -2.35. The van der Waals surface area contributed by atoms with E-state index in [1.807, 2.05) is 44.2 Å². The van der Waals surface area contributed by atoms with Gasteiger partial charge in [-0.25, -0.2) is 0 Å². The monoisotopic (exact) mass is 308 g/mol. The van der Waals surface area contributed by atoms with Crippen molar-refractivity contribution in [1.82, 2.24) is 0 Å². The number of aliphatic hydroxyl groups excluding tert-OH is 1. The van der Waals surface area contributed by atoms with Gasteiger partial charge in [-0.05, 0) is 18.4 Å². The zero-order valence-electron chi connectivity index (χ0n) is 13.1. The van der Waals surface area contributed by atoms with Crippen LogP contribution in [0.4, 0.5) is 0 Å². The number of benzene rings is 1. The van der Waals surface area contributed by atoms with E-state index in [1.165, 1.54) is 0 Å². The summed E-state index contributed by atoms with van der Waals surface area (Å²) < 4.78 is 23.8. The third-order valence-corrected chi connectivity index (χ3v) is 4.48. The Balaban J connectivity index is 1.67. The van der Waals surface area contributed by atoms with E-state index < -0.39 is 18.2 Å². The summed E-state index contributed by atoms with van der Waals surface area (Å²) in [6.07, 6.45) is 0.0552. The molecule has 0 unspecified atom stereocenters. The molecule has 1 aromatic rings. The molecule has 4 atom stereocenters. The maximum Gasteiger partial charge on any atom is 0.187 e. The molecule has 0 amide bonds. The van der Waals surface area contributed by atoms with Crippen LogP contribution in [-0.4, -0.2) is 42.1 Å². The van der Waals surface area contributed by atoms with E-state index in [0.717, 1.165) is 18.4 Å². The van der Waals surface area contributed by atoms with Crippen molar-refractivity contribution in [3.8, 4) is 0 Å². The summed E-state index contributed by atoms with van der Waals surface area (Å²) in [6.45, 7) is 4.43. The zero-order chi connectivity index (χ0) is 15.6. The molecule has 5 nitrogen and oxygen atoms in total. The first-order valence-corrected chi connectivity index (χ1v) is 7.99. The van der Waals surface area contributed by atoms with Gasteiger partial charge >= 0.3 is 0 Å². The highest BCUT2D eigenvalue weighted by Crippen LogP contribution is 2.42. The number of hydrogen-bond acceptors (Lipinski definition) is 5. The van der Waals surface area contributed by atoms with E-state index in [-0.39, 0.29) is 18.8 Å². The zero-order valence-corrected chi connectivity index (χ0v) is 13.1. The molecule has 0 saturated carbocycles. The summed E-state index contributed by atoms with van der Waals surface area (Å²) in [5.74, 6) is -0.582. The predicted molar refractivity (Wildman–Crippen MR) is 80.0 cm³/mol. The predicted octanol–water partition coefficient (Wildman–Crippen LogP) is 2.22. The van der Waals surface area contributed by atoms with Crippen molar-refractivity contribution in [3.63, 3.8) is 0 Å². The molecule has 5 heteroatoms. The molecule has 0 radical (unpaired) electrons. The lowest BCUT2D eigenvalue weighted by molar-refractivity contribution is -0.253. The fourth-order valence-corrected chi connectivity index (χ4v) is 3.10. The average molecular weight is 308 g/mol. The molecule has 0 aromatic heterocycles. The minimum atomic E-state index is -0.582. The smallest absolute Gasteiger partial charge is 0.187 e. The standard InChI is InChI=1S/C17H24O5/c1-3-17(4-2)21-14-13(10-18)20-16(15(14)22-17)19-11-12-8-6-5-7-9-12/h5-9,13-16,18H,3-4,10-11H2,1-2H3/t13-,14+,15+,16+/m1/s1. The van der Waals surface area contributed by atoms with Gasteiger partial charge in [0.05, 0.1) is 13.2 Å². The molecule has 2 aliphatic rings. The average Bonchev–Trinajstić information content (AvgIpc) is 3.10. The fraction of sp³-hybridized carbons (Fsp3) is 0.647. The second kappa shape index (κ2) is 6.64. The summed E-state index contributed by atoms with van der Waals surface area (Å²) in [5.41, 5.74) is 1.08. The van der Waals surface area contributed by atoms with Crippen LogP contribution in [-0.2, 0) is 25.6 Å². The van der Waals surface area contributed by atoms with E-state index in [4.69, 9.17) is 18.9 Å². The Labute approximate surface area is 131 Å². The van der Waals surface area contributed by atoms with Crippen molar-refractivity contribution in [2.24, 2.45) is 0 Å². The van der Waals surface area contributed by atoms with Crippen molar-refractivity contribution >= 4 is 0 Å². The maximum atomic E-state index is 9.52. The van der Waals surface area contributed by atoms with E-state index in [1.54, 1.807) is 0 Å². The second-order valence-electron chi connectivity index (χ2n) is 5.80. The van der Waals surface area contributed by atoms with Gasteiger partial charge in [-0.15, -0.1) is 0 Å². The van der Waals surface area contributed by atoms with Gasteiger partial charge in [0.15, 0.2) is 12.1 Å². The molecule has 3 rings (SSSR count). The van der Waals surface area contributed by atoms with Crippen LogP contribution in [0.3, 0.4) is 0 Å². The molecule has 22 heavy (non-hydrogen) atoms. The highest BCUT2D eigenvalue weighted by atomic mass is 16.8. The molecular formula is C17H24O5. The molecule has 1 N–H and O–H groups in total. The molecule has 1 aromatic carbocycles. The van der Waals surface area contributed by atoms with Crippen LogP contribution >= 0.6 is 0 Å². The van der Waals surface area contributed by atoms with Crippen LogP contribution < -0.4 is 0 Å². The third kappa shape index (κ3) is 2.92. The number of aliphatic hydroxyl groups is 1. The van der Waals surface area contributed by atoms with Crippen LogP contribution in [0, 0.1) is 0 Å². The van der Waals surface area contributed by atoms with E-state index >= 15 is 0 Å². The van der Waals surface area contributed by atoms with Crippen molar-refractivity contribution in [2.75, 3.05) is 6.61 Å². The van der Waals surface area contributed by atoms with Crippen LogP contribution in [0.15, 0.2) is 30.3 Å². The highest BCUT2D eigenvalue weighted by Gasteiger charge is 2.57. The van der Waals surface area contributed by atoms with E-state index in [2.05, 4.69) is 0 Å². The molecule has 2 heterocycles. The highest BCUT2D eigenvalue weighted by molar-refractivity contribution is 5.13. The molecule has 2 saturated heterocycles. The van der Waals surface area contributed by atoms with Gasteiger partial charge in [0.1, 0.15) is 18.3 Å². The Kier molecular flexibility index (Phi) is 4.80. The minimum absolute atomic E-state index is 0.0980. The summed E-state index contributed by atoms with van der Waals surface area (Å²) in [5, 5.41) is 9.52. The summed E-state index contributed by atoms with van der Waals surface area (Å²) in [7, 11) is 0. The van der Waals surface area contributed by atoms with E-state index in [9.17, 15) is 5.11 Å². The van der Waals surface area contributed by atoms with Gasteiger partial charge in [-0.2, -0.15) is 0 Å². The topological polar surface area (TPSA) is 57.2 Å². The van der Waals surface area contributed by atoms with Gasteiger partial charge in [0, 0.05) is 0 Å². The van der Waals surface area contributed by atoms with Crippen molar-refractivity contribution in [1.29, 1.82) is 0 Å². The molecule has 2 aliphatic heterocycles. The number of ether oxygens (including phenoxy) is 4. The Morgan fingerprint density at radius 3 is 2.41 bits per heavy atom. The maximum absolute atomic E-state index is 9.52. The van der Waals surface area contributed by atoms with Gasteiger partial charge in [0.25, 0.3) is 0 Å². The van der Waals surface area contributed by atoms with Crippen molar-refractivity contribution in [3.05, 3.63) is 35.9 Å². The van der Waals surface area contributed by atoms with Crippen LogP contribution in [0.25, 0.3) is 0 Å². The van der Waals surface area contributed by atoms with Crippen LogP contribution in [0.5, 0.6) is 0 Å². The van der Waals surface area contributed by atoms with Crippen LogP contribution in [0.2, 0.25) is 0 Å². The van der Waals surface area contributed by atoms with E-state index in [0.29, 0.717) is 6.61 Å². The largest absolute Gasteiger partial charge is 0.394 e. The number of fused-ring (bicyclic) bond motifs is 1. The Bertz CT molecular complexity index is 473. The number of hydrogen-bond donors (Lipinski definition) is 1. The Hall–Kier alpha value is -0.980. The van der Waals surface area contributed by atoms with Crippen molar-refractivity contribution in [2.45, 2.75) is 63.7 Å².